The maximum Gasteiger partial charge on any atom is 0.270 e. The molecule has 1 aromatic heterocycles. The van der Waals surface area contributed by atoms with Crippen LogP contribution in [0.5, 0.6) is 0 Å². The zero-order valence-electron chi connectivity index (χ0n) is 21.8. The van der Waals surface area contributed by atoms with Crippen LogP contribution in [0.3, 0.4) is 0 Å². The summed E-state index contributed by atoms with van der Waals surface area (Å²) < 4.78 is 0. The minimum Gasteiger partial charge on any atom is -0.377 e. The first-order valence-corrected chi connectivity index (χ1v) is 13.6. The van der Waals surface area contributed by atoms with E-state index >= 15 is 0 Å². The third kappa shape index (κ3) is 4.63. The van der Waals surface area contributed by atoms with Crippen molar-refractivity contribution < 1.29 is 24.3 Å². The van der Waals surface area contributed by atoms with Crippen LogP contribution < -0.4 is 5.32 Å². The number of aliphatic hydroxyl groups is 1. The van der Waals surface area contributed by atoms with Gasteiger partial charge in [-0.1, -0.05) is 29.5 Å². The van der Waals surface area contributed by atoms with E-state index in [1.807, 2.05) is 13.0 Å². The van der Waals surface area contributed by atoms with E-state index in [4.69, 9.17) is 11.6 Å². The van der Waals surface area contributed by atoms with Crippen LogP contribution in [0.1, 0.15) is 63.2 Å². The highest BCUT2D eigenvalue weighted by molar-refractivity contribution is 6.31. The molecule has 0 aliphatic carbocycles. The van der Waals surface area contributed by atoms with Gasteiger partial charge in [0.05, 0.1) is 0 Å². The van der Waals surface area contributed by atoms with E-state index in [2.05, 4.69) is 22.1 Å². The number of amides is 4. The molecule has 4 amide bonds. The number of hydrogen-bond donors (Lipinski definition) is 3. The van der Waals surface area contributed by atoms with E-state index in [9.17, 15) is 24.3 Å². The third-order valence-electron chi connectivity index (χ3n) is 8.08. The predicted octanol–water partition coefficient (Wildman–Crippen LogP) is 2.91. The molecule has 3 aliphatic heterocycles. The normalized spacial score (nSPS) is 20.3. The van der Waals surface area contributed by atoms with E-state index in [0.717, 1.165) is 22.0 Å². The van der Waals surface area contributed by atoms with Gasteiger partial charge in [0, 0.05) is 65.9 Å². The van der Waals surface area contributed by atoms with Gasteiger partial charge in [-0.25, -0.2) is 0 Å². The van der Waals surface area contributed by atoms with Crippen LogP contribution in [0.25, 0.3) is 10.9 Å². The molecule has 3 aliphatic rings. The highest BCUT2D eigenvalue weighted by Crippen LogP contribution is 2.30. The monoisotopic (exact) mass is 558 g/mol. The topological polar surface area (TPSA) is 123 Å². The Morgan fingerprint density at radius 3 is 2.65 bits per heavy atom. The summed E-state index contributed by atoms with van der Waals surface area (Å²) in [6.07, 6.45) is 1.12. The first-order valence-electron chi connectivity index (χ1n) is 13.2. The lowest BCUT2D eigenvalue weighted by molar-refractivity contribution is -0.136. The van der Waals surface area contributed by atoms with Gasteiger partial charge in [-0.05, 0) is 54.8 Å². The summed E-state index contributed by atoms with van der Waals surface area (Å²) in [4.78, 5) is 56.3. The molecule has 10 heteroatoms. The Labute approximate surface area is 235 Å². The minimum absolute atomic E-state index is 0.122. The highest BCUT2D eigenvalue weighted by Gasteiger charge is 2.39. The lowest BCUT2D eigenvalue weighted by atomic mass is 9.91. The molecule has 1 unspecified atom stereocenters. The Balaban J connectivity index is 1.12. The van der Waals surface area contributed by atoms with Gasteiger partial charge >= 0.3 is 0 Å². The lowest BCUT2D eigenvalue weighted by Gasteiger charge is -2.35. The van der Waals surface area contributed by atoms with Crippen molar-refractivity contribution in [1.29, 1.82) is 0 Å². The Bertz CT molecular complexity index is 1660. The van der Waals surface area contributed by atoms with Gasteiger partial charge in [-0.15, -0.1) is 0 Å². The van der Waals surface area contributed by atoms with Crippen LogP contribution in [0.2, 0.25) is 5.02 Å². The summed E-state index contributed by atoms with van der Waals surface area (Å²) in [5.41, 5.74) is 2.86. The zero-order chi connectivity index (χ0) is 28.2. The Morgan fingerprint density at radius 2 is 1.90 bits per heavy atom. The van der Waals surface area contributed by atoms with Gasteiger partial charge in [-0.2, -0.15) is 0 Å². The van der Waals surface area contributed by atoms with Crippen molar-refractivity contribution in [3.63, 3.8) is 0 Å². The van der Waals surface area contributed by atoms with E-state index in [-0.39, 0.29) is 30.7 Å². The maximum absolute atomic E-state index is 13.2. The molecule has 0 saturated carbocycles. The highest BCUT2D eigenvalue weighted by atomic mass is 35.5. The zero-order valence-corrected chi connectivity index (χ0v) is 22.6. The average Bonchev–Trinajstić information content (AvgIpc) is 3.43. The summed E-state index contributed by atoms with van der Waals surface area (Å²) in [6.45, 7) is 2.88. The smallest absolute Gasteiger partial charge is 0.270 e. The fraction of sp³-hybridized carbons (Fsp3) is 0.333. The number of nitrogens with zero attached hydrogens (tertiary/aromatic N) is 2. The number of likely N-dealkylation sites (tertiary alicyclic amines) is 1. The van der Waals surface area contributed by atoms with Crippen molar-refractivity contribution in [3.05, 3.63) is 69.4 Å². The van der Waals surface area contributed by atoms with E-state index in [1.165, 1.54) is 4.90 Å². The molecule has 0 spiro atoms. The summed E-state index contributed by atoms with van der Waals surface area (Å²) in [6, 6.07) is 10.0. The molecule has 6 rings (SSSR count). The number of aromatic nitrogens is 1. The number of carbonyl (C=O) groups is 4. The minimum atomic E-state index is -1.24. The number of piperidine rings is 2. The molecule has 3 N–H and O–H groups in total. The number of nitrogens with one attached hydrogen (secondary N) is 2. The molecule has 3 aromatic rings. The molecule has 204 valence electrons. The Hall–Kier alpha value is -4.13. The molecule has 2 fully saturated rings. The van der Waals surface area contributed by atoms with Crippen LogP contribution in [0, 0.1) is 18.8 Å². The van der Waals surface area contributed by atoms with Crippen molar-refractivity contribution in [2.45, 2.75) is 50.8 Å². The van der Waals surface area contributed by atoms with E-state index < -0.39 is 17.6 Å². The van der Waals surface area contributed by atoms with Crippen LogP contribution >= 0.6 is 11.6 Å². The second-order valence-electron chi connectivity index (χ2n) is 10.7. The molecular formula is C30H27ClN4O5. The van der Waals surface area contributed by atoms with Crippen molar-refractivity contribution in [2.75, 3.05) is 13.1 Å². The standard InChI is InChI=1S/C30H27ClN4O5/c1-17-21-5-3-20(31)15-23(21)32-26(17)29(39)34-12-10-30(40,11-13-34)9-8-18-2-4-22-19(14-18)16-35(28(22)38)24-6-7-25(36)33-27(24)37/h2-5,14-15,24,32,40H,6-7,10-13,16H2,1H3,(H,33,36,37). The molecule has 4 heterocycles. The molecular weight excluding hydrogens is 532 g/mol. The number of halogens is 1. The molecule has 0 radical (unpaired) electrons. The van der Waals surface area contributed by atoms with Crippen LogP contribution in [-0.2, 0) is 16.1 Å². The fourth-order valence-corrected chi connectivity index (χ4v) is 5.90. The molecule has 2 saturated heterocycles. The summed E-state index contributed by atoms with van der Waals surface area (Å²) in [5, 5.41) is 15.0. The molecule has 0 bridgehead atoms. The predicted molar refractivity (Wildman–Crippen MR) is 147 cm³/mol. The summed E-state index contributed by atoms with van der Waals surface area (Å²) in [7, 11) is 0. The maximum atomic E-state index is 13.2. The van der Waals surface area contributed by atoms with Crippen molar-refractivity contribution in [2.24, 2.45) is 0 Å². The molecule has 40 heavy (non-hydrogen) atoms. The lowest BCUT2D eigenvalue weighted by Crippen LogP contribution is -2.52. The summed E-state index contributed by atoms with van der Waals surface area (Å²) in [5.74, 6) is 4.89. The number of rotatable bonds is 2. The van der Waals surface area contributed by atoms with Crippen LogP contribution in [-0.4, -0.2) is 68.3 Å². The number of H-pyrrole nitrogens is 1. The number of aromatic amines is 1. The fourth-order valence-electron chi connectivity index (χ4n) is 5.73. The van der Waals surface area contributed by atoms with Crippen LogP contribution in [0.15, 0.2) is 36.4 Å². The first-order chi connectivity index (χ1) is 19.1. The molecule has 1 atom stereocenters. The molecule has 9 nitrogen and oxygen atoms in total. The van der Waals surface area contributed by atoms with E-state index in [0.29, 0.717) is 54.2 Å². The second-order valence-corrected chi connectivity index (χ2v) is 11.1. The van der Waals surface area contributed by atoms with Gasteiger partial charge in [0.1, 0.15) is 17.3 Å². The van der Waals surface area contributed by atoms with Crippen molar-refractivity contribution >= 4 is 46.1 Å². The first kappa shape index (κ1) is 26.1. The third-order valence-corrected chi connectivity index (χ3v) is 8.31. The van der Waals surface area contributed by atoms with Crippen LogP contribution in [0.4, 0.5) is 0 Å². The number of benzene rings is 2. The number of hydrogen-bond acceptors (Lipinski definition) is 5. The summed E-state index contributed by atoms with van der Waals surface area (Å²) >= 11 is 6.10. The second kappa shape index (κ2) is 9.81. The van der Waals surface area contributed by atoms with Gasteiger partial charge in [0.25, 0.3) is 11.8 Å². The number of fused-ring (bicyclic) bond motifs is 2. The quantitative estimate of drug-likeness (QED) is 0.330. The van der Waals surface area contributed by atoms with Crippen molar-refractivity contribution in [3.8, 4) is 11.8 Å². The number of carbonyl (C=O) groups excluding carboxylic acids is 4. The van der Waals surface area contributed by atoms with Gasteiger partial charge in [0.15, 0.2) is 0 Å². The largest absolute Gasteiger partial charge is 0.377 e. The Kier molecular flexibility index (Phi) is 6.40. The SMILES string of the molecule is Cc1c(C(=O)N2CCC(O)(C#Cc3ccc4c(c3)CN(C3CCC(=O)NC3=O)C4=O)CC2)[nH]c2cc(Cl)ccc12. The van der Waals surface area contributed by atoms with Gasteiger partial charge in [-0.3, -0.25) is 24.5 Å². The average molecular weight is 559 g/mol. The Morgan fingerprint density at radius 1 is 1.12 bits per heavy atom. The number of aryl methyl sites for hydroxylation is 1. The molecule has 2 aromatic carbocycles. The number of imide groups is 1. The van der Waals surface area contributed by atoms with Gasteiger partial charge < -0.3 is 19.9 Å². The van der Waals surface area contributed by atoms with E-state index in [1.54, 1.807) is 35.2 Å². The van der Waals surface area contributed by atoms with Gasteiger partial charge in [0.2, 0.25) is 11.8 Å². The van der Waals surface area contributed by atoms with Crippen molar-refractivity contribution in [1.82, 2.24) is 20.1 Å².